The van der Waals surface area contributed by atoms with Crippen molar-refractivity contribution < 1.29 is 4.42 Å². The van der Waals surface area contributed by atoms with Crippen molar-refractivity contribution in [2.45, 2.75) is 0 Å². The highest BCUT2D eigenvalue weighted by molar-refractivity contribution is 6.29. The van der Waals surface area contributed by atoms with Gasteiger partial charge in [-0.25, -0.2) is 9.97 Å². The van der Waals surface area contributed by atoms with Gasteiger partial charge in [0.15, 0.2) is 5.82 Å². The average Bonchev–Trinajstić information content (AvgIpc) is 2.71. The van der Waals surface area contributed by atoms with Gasteiger partial charge in [-0.05, 0) is 12.1 Å². The molecule has 2 heterocycles. The van der Waals surface area contributed by atoms with E-state index in [0.717, 1.165) is 0 Å². The van der Waals surface area contributed by atoms with Crippen molar-refractivity contribution >= 4 is 23.6 Å². The molecule has 6 heteroatoms. The van der Waals surface area contributed by atoms with Gasteiger partial charge in [0.1, 0.15) is 17.2 Å². The van der Waals surface area contributed by atoms with Crippen molar-refractivity contribution in [1.82, 2.24) is 9.97 Å². The summed E-state index contributed by atoms with van der Waals surface area (Å²) in [6.45, 7) is 0. The molecule has 0 bridgehead atoms. The van der Waals surface area contributed by atoms with Crippen molar-refractivity contribution in [3.63, 3.8) is 0 Å². The first-order valence-corrected chi connectivity index (χ1v) is 4.52. The van der Waals surface area contributed by atoms with E-state index >= 15 is 0 Å². The van der Waals surface area contributed by atoms with Crippen LogP contribution >= 0.6 is 11.6 Å². The molecule has 15 heavy (non-hydrogen) atoms. The standard InChI is InChI=1S/C9H7ClN4O/c10-8-4-9(12-6-11-8)14-13-5-7-2-1-3-15-7/h1-6H,(H,11,12,14)/b13-5+. The monoisotopic (exact) mass is 222 g/mol. The lowest BCUT2D eigenvalue weighted by atomic mass is 10.5. The van der Waals surface area contributed by atoms with Crippen LogP contribution in [-0.2, 0) is 0 Å². The molecule has 0 atom stereocenters. The minimum Gasteiger partial charge on any atom is -0.463 e. The molecule has 2 aromatic heterocycles. The molecule has 0 saturated carbocycles. The predicted octanol–water partition coefficient (Wildman–Crippen LogP) is 2.17. The van der Waals surface area contributed by atoms with E-state index in [1.807, 2.05) is 0 Å². The number of aromatic nitrogens is 2. The highest BCUT2D eigenvalue weighted by atomic mass is 35.5. The topological polar surface area (TPSA) is 63.3 Å². The third kappa shape index (κ3) is 2.78. The lowest BCUT2D eigenvalue weighted by Gasteiger charge is -1.96. The fraction of sp³-hybridized carbons (Fsp3) is 0. The molecule has 5 nitrogen and oxygen atoms in total. The maximum Gasteiger partial charge on any atom is 0.151 e. The van der Waals surface area contributed by atoms with Crippen LogP contribution in [0.15, 0.2) is 40.3 Å². The molecule has 1 N–H and O–H groups in total. The van der Waals surface area contributed by atoms with Crippen molar-refractivity contribution in [1.29, 1.82) is 0 Å². The van der Waals surface area contributed by atoms with Crippen LogP contribution in [0.1, 0.15) is 5.76 Å². The second kappa shape index (κ2) is 4.56. The summed E-state index contributed by atoms with van der Waals surface area (Å²) in [5.74, 6) is 1.18. The molecule has 0 saturated heterocycles. The summed E-state index contributed by atoms with van der Waals surface area (Å²) in [4.78, 5) is 7.65. The Morgan fingerprint density at radius 1 is 1.47 bits per heavy atom. The quantitative estimate of drug-likeness (QED) is 0.491. The molecule has 0 radical (unpaired) electrons. The van der Waals surface area contributed by atoms with Crippen LogP contribution < -0.4 is 5.43 Å². The number of halogens is 1. The fourth-order valence-electron chi connectivity index (χ4n) is 0.921. The molecule has 2 aromatic rings. The summed E-state index contributed by atoms with van der Waals surface area (Å²) in [6.07, 6.45) is 4.46. The van der Waals surface area contributed by atoms with Crippen LogP contribution in [0.3, 0.4) is 0 Å². The van der Waals surface area contributed by atoms with Crippen LogP contribution in [0.2, 0.25) is 5.15 Å². The van der Waals surface area contributed by atoms with Gasteiger partial charge >= 0.3 is 0 Å². The van der Waals surface area contributed by atoms with Gasteiger partial charge in [-0.2, -0.15) is 5.10 Å². The van der Waals surface area contributed by atoms with E-state index in [0.29, 0.717) is 16.7 Å². The number of nitrogens with one attached hydrogen (secondary N) is 1. The number of anilines is 1. The van der Waals surface area contributed by atoms with Crippen LogP contribution in [0.25, 0.3) is 0 Å². The van der Waals surface area contributed by atoms with E-state index < -0.39 is 0 Å². The van der Waals surface area contributed by atoms with E-state index in [1.54, 1.807) is 24.5 Å². The van der Waals surface area contributed by atoms with Crippen molar-refractivity contribution in [3.05, 3.63) is 41.7 Å². The zero-order chi connectivity index (χ0) is 10.5. The van der Waals surface area contributed by atoms with Crippen molar-refractivity contribution in [2.75, 3.05) is 5.43 Å². The van der Waals surface area contributed by atoms with Crippen LogP contribution in [0.5, 0.6) is 0 Å². The molecule has 0 amide bonds. The smallest absolute Gasteiger partial charge is 0.151 e. The van der Waals surface area contributed by atoms with Crippen molar-refractivity contribution in [2.24, 2.45) is 5.10 Å². The third-order valence-electron chi connectivity index (χ3n) is 1.55. The van der Waals surface area contributed by atoms with E-state index in [9.17, 15) is 0 Å². The molecule has 2 rings (SSSR count). The van der Waals surface area contributed by atoms with Gasteiger partial charge in [0.2, 0.25) is 0 Å². The molecule has 0 aromatic carbocycles. The second-order valence-electron chi connectivity index (χ2n) is 2.61. The summed E-state index contributed by atoms with van der Waals surface area (Å²) < 4.78 is 5.05. The molecule has 0 aliphatic heterocycles. The van der Waals surface area contributed by atoms with Crippen LogP contribution in [0.4, 0.5) is 5.82 Å². The Hall–Kier alpha value is -1.88. The number of hydrazone groups is 1. The molecule has 0 aliphatic rings. The summed E-state index contributed by atoms with van der Waals surface area (Å²) in [6, 6.07) is 5.14. The first kappa shape index (κ1) is 9.67. The number of hydrogen-bond donors (Lipinski definition) is 1. The van der Waals surface area contributed by atoms with Gasteiger partial charge in [-0.3, -0.25) is 5.43 Å². The second-order valence-corrected chi connectivity index (χ2v) is 3.00. The van der Waals surface area contributed by atoms with Crippen molar-refractivity contribution in [3.8, 4) is 0 Å². The Balaban J connectivity index is 1.99. The van der Waals surface area contributed by atoms with Gasteiger partial charge in [-0.1, -0.05) is 11.6 Å². The van der Waals surface area contributed by atoms with Gasteiger partial charge in [0.05, 0.1) is 12.5 Å². The Bertz CT molecular complexity index is 455. The number of nitrogens with zero attached hydrogens (tertiary/aromatic N) is 3. The maximum atomic E-state index is 5.66. The minimum absolute atomic E-state index is 0.362. The molecular formula is C9H7ClN4O. The molecule has 0 unspecified atom stereocenters. The third-order valence-corrected chi connectivity index (χ3v) is 1.75. The Labute approximate surface area is 90.8 Å². The number of rotatable bonds is 3. The predicted molar refractivity (Wildman–Crippen MR) is 57.0 cm³/mol. The zero-order valence-corrected chi connectivity index (χ0v) is 8.35. The first-order chi connectivity index (χ1) is 7.34. The van der Waals surface area contributed by atoms with E-state index in [1.165, 1.54) is 12.5 Å². The van der Waals surface area contributed by atoms with E-state index in [-0.39, 0.29) is 0 Å². The zero-order valence-electron chi connectivity index (χ0n) is 7.59. The molecular weight excluding hydrogens is 216 g/mol. The average molecular weight is 223 g/mol. The maximum absolute atomic E-state index is 5.66. The lowest BCUT2D eigenvalue weighted by Crippen LogP contribution is -1.93. The minimum atomic E-state index is 0.362. The Morgan fingerprint density at radius 2 is 2.40 bits per heavy atom. The van der Waals surface area contributed by atoms with Gasteiger partial charge in [0, 0.05) is 6.07 Å². The van der Waals surface area contributed by atoms with E-state index in [2.05, 4.69) is 20.5 Å². The summed E-state index contributed by atoms with van der Waals surface area (Å²) in [5.41, 5.74) is 2.70. The van der Waals surface area contributed by atoms with Crippen LogP contribution in [0, 0.1) is 0 Å². The first-order valence-electron chi connectivity index (χ1n) is 4.15. The highest BCUT2D eigenvalue weighted by Gasteiger charge is 1.93. The molecule has 0 aliphatic carbocycles. The normalized spacial score (nSPS) is 10.7. The molecule has 76 valence electrons. The Kier molecular flexibility index (Phi) is 2.94. The number of hydrogen-bond acceptors (Lipinski definition) is 5. The molecule has 0 fully saturated rings. The SMILES string of the molecule is Clc1cc(N/N=C/c2ccco2)ncn1. The lowest BCUT2D eigenvalue weighted by molar-refractivity contribution is 0.560. The highest BCUT2D eigenvalue weighted by Crippen LogP contribution is 2.08. The van der Waals surface area contributed by atoms with Crippen LogP contribution in [-0.4, -0.2) is 16.2 Å². The van der Waals surface area contributed by atoms with Gasteiger partial charge in [-0.15, -0.1) is 0 Å². The fourth-order valence-corrected chi connectivity index (χ4v) is 1.07. The Morgan fingerprint density at radius 3 is 3.13 bits per heavy atom. The van der Waals surface area contributed by atoms with E-state index in [4.69, 9.17) is 16.0 Å². The van der Waals surface area contributed by atoms with Gasteiger partial charge in [0.25, 0.3) is 0 Å². The molecule has 0 spiro atoms. The summed E-state index contributed by atoms with van der Waals surface area (Å²) in [7, 11) is 0. The van der Waals surface area contributed by atoms with Gasteiger partial charge < -0.3 is 4.42 Å². The largest absolute Gasteiger partial charge is 0.463 e. The summed E-state index contributed by atoms with van der Waals surface area (Å²) in [5, 5.41) is 4.27. The number of furan rings is 1. The summed E-state index contributed by atoms with van der Waals surface area (Å²) >= 11 is 5.66.